The fourth-order valence-electron chi connectivity index (χ4n) is 6.16. The van der Waals surface area contributed by atoms with Gasteiger partial charge in [0, 0.05) is 32.7 Å². The molecule has 4 bridgehead atoms. The summed E-state index contributed by atoms with van der Waals surface area (Å²) < 4.78 is 28.6. The molecule has 0 aromatic heterocycles. The monoisotopic (exact) mass is 369 g/mol. The van der Waals surface area contributed by atoms with Gasteiger partial charge in [-0.2, -0.15) is 12.7 Å². The molecule has 1 aliphatic heterocycles. The van der Waals surface area contributed by atoms with Gasteiger partial charge in [0.2, 0.25) is 5.91 Å². The maximum Gasteiger partial charge on any atom is 0.279 e. The molecule has 1 amide bonds. The van der Waals surface area contributed by atoms with Crippen molar-refractivity contribution >= 4 is 16.1 Å². The SMILES string of the molecule is CCCNS(=O)(=O)N1CCN(C(=O)C23CC4CC(CC(C4)C2)C3)CC1. The maximum atomic E-state index is 13.3. The van der Waals surface area contributed by atoms with Crippen molar-refractivity contribution in [3.8, 4) is 0 Å². The molecule has 0 spiro atoms. The van der Waals surface area contributed by atoms with E-state index in [-0.39, 0.29) is 5.41 Å². The van der Waals surface area contributed by atoms with Crippen LogP contribution >= 0.6 is 0 Å². The standard InChI is InChI=1S/C18H31N3O3S/c1-2-3-19-25(23,24)21-6-4-20(5-7-21)17(22)18-11-14-8-15(12-18)10-16(9-14)13-18/h14-16,19H,2-13H2,1H3. The summed E-state index contributed by atoms with van der Waals surface area (Å²) in [6.07, 6.45) is 8.02. The number of carbonyl (C=O) groups is 1. The second-order valence-electron chi connectivity index (χ2n) is 8.79. The van der Waals surface area contributed by atoms with Gasteiger partial charge in [0.15, 0.2) is 0 Å². The summed E-state index contributed by atoms with van der Waals surface area (Å²) in [6.45, 7) is 4.31. The second-order valence-corrected chi connectivity index (χ2v) is 10.5. The summed E-state index contributed by atoms with van der Waals surface area (Å²) in [5.41, 5.74) is -0.115. The van der Waals surface area contributed by atoms with Crippen molar-refractivity contribution in [2.45, 2.75) is 51.9 Å². The van der Waals surface area contributed by atoms with Crippen LogP contribution < -0.4 is 4.72 Å². The van der Waals surface area contributed by atoms with Crippen LogP contribution in [0.4, 0.5) is 0 Å². The predicted octanol–water partition coefficient (Wildman–Crippen LogP) is 1.59. The van der Waals surface area contributed by atoms with Crippen molar-refractivity contribution in [2.24, 2.45) is 23.2 Å². The zero-order chi connectivity index (χ0) is 17.7. The van der Waals surface area contributed by atoms with E-state index in [1.54, 1.807) is 0 Å². The lowest BCUT2D eigenvalue weighted by Gasteiger charge is -2.57. The number of hydrogen-bond donors (Lipinski definition) is 1. The summed E-state index contributed by atoms with van der Waals surface area (Å²) >= 11 is 0. The average molecular weight is 370 g/mol. The third-order valence-electron chi connectivity index (χ3n) is 6.89. The van der Waals surface area contributed by atoms with Crippen LogP contribution in [0.1, 0.15) is 51.9 Å². The van der Waals surface area contributed by atoms with Crippen molar-refractivity contribution in [2.75, 3.05) is 32.7 Å². The lowest BCUT2D eigenvalue weighted by atomic mass is 9.49. The predicted molar refractivity (Wildman–Crippen MR) is 96.0 cm³/mol. The zero-order valence-electron chi connectivity index (χ0n) is 15.2. The minimum Gasteiger partial charge on any atom is -0.340 e. The van der Waals surface area contributed by atoms with E-state index < -0.39 is 10.2 Å². The van der Waals surface area contributed by atoms with Crippen molar-refractivity contribution in [3.05, 3.63) is 0 Å². The molecule has 0 aromatic carbocycles. The molecule has 0 radical (unpaired) electrons. The third-order valence-corrected chi connectivity index (χ3v) is 8.51. The van der Waals surface area contributed by atoms with Crippen LogP contribution in [-0.4, -0.2) is 56.3 Å². The topological polar surface area (TPSA) is 69.7 Å². The molecule has 5 rings (SSSR count). The van der Waals surface area contributed by atoms with E-state index in [9.17, 15) is 13.2 Å². The van der Waals surface area contributed by atoms with Crippen LogP contribution in [0.25, 0.3) is 0 Å². The molecular formula is C18H31N3O3S. The van der Waals surface area contributed by atoms with E-state index in [0.29, 0.717) is 38.6 Å². The summed E-state index contributed by atoms with van der Waals surface area (Å²) in [7, 11) is -3.39. The molecule has 0 unspecified atom stereocenters. The molecule has 6 nitrogen and oxygen atoms in total. The Balaban J connectivity index is 1.39. The molecular weight excluding hydrogens is 338 g/mol. The smallest absolute Gasteiger partial charge is 0.279 e. The maximum absolute atomic E-state index is 13.3. The Hall–Kier alpha value is -0.660. The van der Waals surface area contributed by atoms with E-state index in [2.05, 4.69) is 4.72 Å². The Morgan fingerprint density at radius 2 is 1.52 bits per heavy atom. The molecule has 142 valence electrons. The fraction of sp³-hybridized carbons (Fsp3) is 0.944. The first kappa shape index (κ1) is 17.7. The summed E-state index contributed by atoms with van der Waals surface area (Å²) in [5.74, 6) is 2.60. The minimum atomic E-state index is -3.39. The molecule has 1 saturated heterocycles. The van der Waals surface area contributed by atoms with Gasteiger partial charge < -0.3 is 4.90 Å². The Kier molecular flexibility index (Phi) is 4.61. The lowest BCUT2D eigenvalue weighted by Crippen LogP contribution is -2.59. The van der Waals surface area contributed by atoms with E-state index >= 15 is 0 Å². The number of amides is 1. The van der Waals surface area contributed by atoms with Gasteiger partial charge in [0.05, 0.1) is 5.41 Å². The highest BCUT2D eigenvalue weighted by Crippen LogP contribution is 2.60. The molecule has 25 heavy (non-hydrogen) atoms. The number of nitrogens with zero attached hydrogens (tertiary/aromatic N) is 2. The highest BCUT2D eigenvalue weighted by atomic mass is 32.2. The quantitative estimate of drug-likeness (QED) is 0.800. The van der Waals surface area contributed by atoms with E-state index in [1.807, 2.05) is 11.8 Å². The Bertz CT molecular complexity index is 590. The summed E-state index contributed by atoms with van der Waals surface area (Å²) in [6, 6.07) is 0. The van der Waals surface area contributed by atoms with Gasteiger partial charge in [0.1, 0.15) is 0 Å². The molecule has 7 heteroatoms. The first-order valence-corrected chi connectivity index (χ1v) is 11.4. The van der Waals surface area contributed by atoms with Gasteiger partial charge in [-0.25, -0.2) is 4.72 Å². The highest BCUT2D eigenvalue weighted by Gasteiger charge is 2.55. The van der Waals surface area contributed by atoms with Gasteiger partial charge in [-0.05, 0) is 62.7 Å². The molecule has 0 atom stereocenters. The van der Waals surface area contributed by atoms with E-state index in [1.165, 1.54) is 23.6 Å². The molecule has 1 heterocycles. The van der Waals surface area contributed by atoms with Crippen LogP contribution in [0.5, 0.6) is 0 Å². The Labute approximate surface area is 151 Å². The van der Waals surface area contributed by atoms with Gasteiger partial charge in [0.25, 0.3) is 10.2 Å². The summed E-state index contributed by atoms with van der Waals surface area (Å²) in [5, 5.41) is 0. The number of hydrogen-bond acceptors (Lipinski definition) is 3. The highest BCUT2D eigenvalue weighted by molar-refractivity contribution is 7.87. The van der Waals surface area contributed by atoms with Gasteiger partial charge >= 0.3 is 0 Å². The molecule has 0 aromatic rings. The first-order chi connectivity index (χ1) is 11.9. The summed E-state index contributed by atoms with van der Waals surface area (Å²) in [4.78, 5) is 15.3. The van der Waals surface area contributed by atoms with E-state index in [0.717, 1.165) is 43.4 Å². The fourth-order valence-corrected chi connectivity index (χ4v) is 7.45. The van der Waals surface area contributed by atoms with Crippen molar-refractivity contribution < 1.29 is 13.2 Å². The third kappa shape index (κ3) is 3.23. The number of rotatable bonds is 5. The van der Waals surface area contributed by atoms with Crippen LogP contribution in [0.15, 0.2) is 0 Å². The van der Waals surface area contributed by atoms with Crippen LogP contribution in [-0.2, 0) is 15.0 Å². The molecule has 5 aliphatic rings. The number of piperazine rings is 1. The Morgan fingerprint density at radius 3 is 2.00 bits per heavy atom. The van der Waals surface area contributed by atoms with Crippen LogP contribution in [0.2, 0.25) is 0 Å². The van der Waals surface area contributed by atoms with Crippen molar-refractivity contribution in [1.82, 2.24) is 13.9 Å². The molecule has 4 aliphatic carbocycles. The minimum absolute atomic E-state index is 0.115. The second kappa shape index (κ2) is 6.50. The molecule has 1 N–H and O–H groups in total. The van der Waals surface area contributed by atoms with Gasteiger partial charge in [-0.3, -0.25) is 4.79 Å². The number of nitrogens with one attached hydrogen (secondary N) is 1. The lowest BCUT2D eigenvalue weighted by molar-refractivity contribution is -0.158. The molecule has 5 fully saturated rings. The van der Waals surface area contributed by atoms with Crippen molar-refractivity contribution in [3.63, 3.8) is 0 Å². The van der Waals surface area contributed by atoms with Crippen molar-refractivity contribution in [1.29, 1.82) is 0 Å². The van der Waals surface area contributed by atoms with Crippen LogP contribution in [0, 0.1) is 23.2 Å². The first-order valence-electron chi connectivity index (χ1n) is 9.96. The Morgan fingerprint density at radius 1 is 1.00 bits per heavy atom. The molecule has 4 saturated carbocycles. The zero-order valence-corrected chi connectivity index (χ0v) is 16.1. The van der Waals surface area contributed by atoms with Gasteiger partial charge in [-0.15, -0.1) is 0 Å². The van der Waals surface area contributed by atoms with E-state index in [4.69, 9.17) is 0 Å². The number of carbonyl (C=O) groups excluding carboxylic acids is 1. The largest absolute Gasteiger partial charge is 0.340 e. The van der Waals surface area contributed by atoms with Gasteiger partial charge in [-0.1, -0.05) is 6.92 Å². The average Bonchev–Trinajstić information content (AvgIpc) is 2.58. The van der Waals surface area contributed by atoms with Crippen LogP contribution in [0.3, 0.4) is 0 Å². The normalized spacial score (nSPS) is 38.3.